The SMILES string of the molecule is COCc1cc(C(O)c2ccc(OC)c3c2OC(C)(C)C=C3)ccc1OC. The van der Waals surface area contributed by atoms with Gasteiger partial charge in [-0.3, -0.25) is 0 Å². The van der Waals surface area contributed by atoms with Crippen LogP contribution in [0.25, 0.3) is 6.08 Å². The molecule has 27 heavy (non-hydrogen) atoms. The van der Waals surface area contributed by atoms with Gasteiger partial charge < -0.3 is 24.1 Å². The Morgan fingerprint density at radius 2 is 1.74 bits per heavy atom. The summed E-state index contributed by atoms with van der Waals surface area (Å²) in [6, 6.07) is 9.28. The topological polar surface area (TPSA) is 57.2 Å². The molecule has 0 aromatic heterocycles. The minimum atomic E-state index is -0.853. The predicted molar refractivity (Wildman–Crippen MR) is 105 cm³/mol. The zero-order valence-electron chi connectivity index (χ0n) is 16.4. The van der Waals surface area contributed by atoms with E-state index in [9.17, 15) is 5.11 Å². The van der Waals surface area contributed by atoms with E-state index in [0.29, 0.717) is 23.7 Å². The highest BCUT2D eigenvalue weighted by Crippen LogP contribution is 2.43. The molecule has 1 aliphatic heterocycles. The average molecular weight is 370 g/mol. The summed E-state index contributed by atoms with van der Waals surface area (Å²) < 4.78 is 22.3. The molecule has 0 saturated carbocycles. The lowest BCUT2D eigenvalue weighted by Crippen LogP contribution is -2.28. The Morgan fingerprint density at radius 1 is 1.04 bits per heavy atom. The Labute approximate surface area is 160 Å². The van der Waals surface area contributed by atoms with Crippen LogP contribution in [-0.4, -0.2) is 32.0 Å². The molecule has 144 valence electrons. The lowest BCUT2D eigenvalue weighted by atomic mass is 9.93. The van der Waals surface area contributed by atoms with Crippen molar-refractivity contribution in [1.82, 2.24) is 0 Å². The number of hydrogen-bond donors (Lipinski definition) is 1. The molecule has 0 aliphatic carbocycles. The maximum atomic E-state index is 11.1. The second-order valence-electron chi connectivity index (χ2n) is 7.05. The van der Waals surface area contributed by atoms with E-state index in [1.165, 1.54) is 0 Å². The normalized spacial score (nSPS) is 15.6. The maximum Gasteiger partial charge on any atom is 0.137 e. The van der Waals surface area contributed by atoms with E-state index >= 15 is 0 Å². The number of aliphatic hydroxyl groups excluding tert-OH is 1. The van der Waals surface area contributed by atoms with E-state index in [1.807, 2.05) is 56.3 Å². The number of benzene rings is 2. The summed E-state index contributed by atoms with van der Waals surface area (Å²) in [5.74, 6) is 2.07. The van der Waals surface area contributed by atoms with E-state index < -0.39 is 11.7 Å². The third-order valence-corrected chi connectivity index (χ3v) is 4.64. The van der Waals surface area contributed by atoms with Gasteiger partial charge in [-0.15, -0.1) is 0 Å². The largest absolute Gasteiger partial charge is 0.496 e. The third-order valence-electron chi connectivity index (χ3n) is 4.64. The Morgan fingerprint density at radius 3 is 2.41 bits per heavy atom. The van der Waals surface area contributed by atoms with Gasteiger partial charge >= 0.3 is 0 Å². The summed E-state index contributed by atoms with van der Waals surface area (Å²) in [6.07, 6.45) is 3.12. The minimum absolute atomic E-state index is 0.400. The zero-order valence-corrected chi connectivity index (χ0v) is 16.4. The summed E-state index contributed by atoms with van der Waals surface area (Å²) in [6.45, 7) is 4.36. The molecule has 2 aromatic rings. The second-order valence-corrected chi connectivity index (χ2v) is 7.05. The summed E-state index contributed by atoms with van der Waals surface area (Å²) >= 11 is 0. The second kappa shape index (κ2) is 7.62. The molecule has 1 atom stereocenters. The standard InChI is InChI=1S/C22H26O5/c1-22(2)11-10-16-19(26-5)9-7-17(21(16)27-22)20(23)14-6-8-18(25-4)15(12-14)13-24-3/h6-12,20,23H,13H2,1-5H3. The Bertz CT molecular complexity index is 854. The van der Waals surface area contributed by atoms with Crippen molar-refractivity contribution >= 4 is 6.08 Å². The number of hydrogen-bond acceptors (Lipinski definition) is 5. The van der Waals surface area contributed by atoms with Crippen LogP contribution in [-0.2, 0) is 11.3 Å². The van der Waals surface area contributed by atoms with Crippen LogP contribution in [0.15, 0.2) is 36.4 Å². The van der Waals surface area contributed by atoms with Gasteiger partial charge in [-0.05, 0) is 55.8 Å². The molecular formula is C22H26O5. The molecule has 1 N–H and O–H groups in total. The van der Waals surface area contributed by atoms with Crippen molar-refractivity contribution in [1.29, 1.82) is 0 Å². The van der Waals surface area contributed by atoms with E-state index in [2.05, 4.69) is 0 Å². The molecule has 0 saturated heterocycles. The van der Waals surface area contributed by atoms with Crippen LogP contribution >= 0.6 is 0 Å². The van der Waals surface area contributed by atoms with Gasteiger partial charge in [0.1, 0.15) is 29.0 Å². The fourth-order valence-electron chi connectivity index (χ4n) is 3.26. The van der Waals surface area contributed by atoms with Crippen molar-refractivity contribution in [2.75, 3.05) is 21.3 Å². The highest BCUT2D eigenvalue weighted by Gasteiger charge is 2.29. The number of fused-ring (bicyclic) bond motifs is 1. The van der Waals surface area contributed by atoms with Crippen LogP contribution in [0, 0.1) is 0 Å². The first-order valence-electron chi connectivity index (χ1n) is 8.83. The van der Waals surface area contributed by atoms with Gasteiger partial charge in [0, 0.05) is 18.2 Å². The Balaban J connectivity index is 2.07. The maximum absolute atomic E-state index is 11.1. The van der Waals surface area contributed by atoms with E-state index in [0.717, 1.165) is 22.4 Å². The van der Waals surface area contributed by atoms with Gasteiger partial charge in [0.2, 0.25) is 0 Å². The van der Waals surface area contributed by atoms with Crippen molar-refractivity contribution in [2.24, 2.45) is 0 Å². The fraction of sp³-hybridized carbons (Fsp3) is 0.364. The molecule has 0 bridgehead atoms. The summed E-state index contributed by atoms with van der Waals surface area (Å²) in [5.41, 5.74) is 2.68. The van der Waals surface area contributed by atoms with Gasteiger partial charge in [0.25, 0.3) is 0 Å². The molecule has 0 amide bonds. The van der Waals surface area contributed by atoms with Gasteiger partial charge in [-0.25, -0.2) is 0 Å². The summed E-state index contributed by atoms with van der Waals surface area (Å²) in [5, 5.41) is 11.1. The van der Waals surface area contributed by atoms with Crippen LogP contribution in [0.1, 0.15) is 42.2 Å². The lowest BCUT2D eigenvalue weighted by molar-refractivity contribution is 0.146. The lowest BCUT2D eigenvalue weighted by Gasteiger charge is -2.31. The van der Waals surface area contributed by atoms with Crippen molar-refractivity contribution in [3.8, 4) is 17.2 Å². The molecule has 0 fully saturated rings. The first-order valence-corrected chi connectivity index (χ1v) is 8.83. The summed E-state index contributed by atoms with van der Waals surface area (Å²) in [7, 11) is 4.87. The fourth-order valence-corrected chi connectivity index (χ4v) is 3.26. The first-order chi connectivity index (χ1) is 12.9. The van der Waals surface area contributed by atoms with Crippen LogP contribution in [0.2, 0.25) is 0 Å². The molecule has 2 aromatic carbocycles. The van der Waals surface area contributed by atoms with Crippen molar-refractivity contribution < 1.29 is 24.1 Å². The van der Waals surface area contributed by atoms with E-state index in [4.69, 9.17) is 18.9 Å². The number of aliphatic hydroxyl groups is 1. The molecule has 5 heteroatoms. The third kappa shape index (κ3) is 3.80. The average Bonchev–Trinajstić information content (AvgIpc) is 2.66. The molecular weight excluding hydrogens is 344 g/mol. The molecule has 3 rings (SSSR count). The molecule has 1 aliphatic rings. The van der Waals surface area contributed by atoms with Crippen LogP contribution < -0.4 is 14.2 Å². The highest BCUT2D eigenvalue weighted by molar-refractivity contribution is 5.70. The van der Waals surface area contributed by atoms with Gasteiger partial charge in [0.15, 0.2) is 0 Å². The van der Waals surface area contributed by atoms with Gasteiger partial charge in [-0.1, -0.05) is 6.07 Å². The van der Waals surface area contributed by atoms with Gasteiger partial charge in [-0.2, -0.15) is 0 Å². The number of rotatable bonds is 6. The zero-order chi connectivity index (χ0) is 19.6. The molecule has 5 nitrogen and oxygen atoms in total. The highest BCUT2D eigenvalue weighted by atomic mass is 16.5. The quantitative estimate of drug-likeness (QED) is 0.829. The minimum Gasteiger partial charge on any atom is -0.496 e. The van der Waals surface area contributed by atoms with Crippen molar-refractivity contribution in [3.05, 3.63) is 58.7 Å². The van der Waals surface area contributed by atoms with Crippen LogP contribution in [0.4, 0.5) is 0 Å². The van der Waals surface area contributed by atoms with Crippen molar-refractivity contribution in [2.45, 2.75) is 32.2 Å². The molecule has 0 spiro atoms. The molecule has 1 unspecified atom stereocenters. The van der Waals surface area contributed by atoms with Crippen LogP contribution in [0.5, 0.6) is 17.2 Å². The smallest absolute Gasteiger partial charge is 0.137 e. The molecule has 1 heterocycles. The molecule has 0 radical (unpaired) electrons. The monoisotopic (exact) mass is 370 g/mol. The number of ether oxygens (including phenoxy) is 4. The van der Waals surface area contributed by atoms with E-state index in [-0.39, 0.29) is 0 Å². The van der Waals surface area contributed by atoms with Crippen LogP contribution in [0.3, 0.4) is 0 Å². The summed E-state index contributed by atoms with van der Waals surface area (Å²) in [4.78, 5) is 0. The van der Waals surface area contributed by atoms with Crippen molar-refractivity contribution in [3.63, 3.8) is 0 Å². The predicted octanol–water partition coefficient (Wildman–Crippen LogP) is 4.12. The Kier molecular flexibility index (Phi) is 5.44. The van der Waals surface area contributed by atoms with Gasteiger partial charge in [0.05, 0.1) is 26.4 Å². The first kappa shape index (κ1) is 19.3. The van der Waals surface area contributed by atoms with E-state index in [1.54, 1.807) is 21.3 Å². The Hall–Kier alpha value is -2.50. The number of methoxy groups -OCH3 is 3.